The van der Waals surface area contributed by atoms with E-state index in [2.05, 4.69) is 18.0 Å². The zero-order valence-electron chi connectivity index (χ0n) is 22.3. The van der Waals surface area contributed by atoms with Gasteiger partial charge >= 0.3 is 0 Å². The maximum atomic E-state index is 13.3. The zero-order valence-corrected chi connectivity index (χ0v) is 23.8. The summed E-state index contributed by atoms with van der Waals surface area (Å²) in [4.78, 5) is 18.2. The summed E-state index contributed by atoms with van der Waals surface area (Å²) >= 11 is 12.6. The first-order valence-corrected chi connectivity index (χ1v) is 13.9. The van der Waals surface area contributed by atoms with Crippen molar-refractivity contribution in [3.05, 3.63) is 112 Å². The number of carbonyl (C=O) groups excluding carboxylic acids is 1. The summed E-state index contributed by atoms with van der Waals surface area (Å²) in [6.45, 7) is 9.38. The second kappa shape index (κ2) is 11.6. The Kier molecular flexibility index (Phi) is 8.66. The molecule has 0 bridgehead atoms. The summed E-state index contributed by atoms with van der Waals surface area (Å²) in [5.74, 6) is 0.136. The fourth-order valence-corrected chi connectivity index (χ4v) is 5.86. The highest BCUT2D eigenvalue weighted by atomic mass is 35.5. The van der Waals surface area contributed by atoms with Crippen LogP contribution in [0.3, 0.4) is 0 Å². The Bertz CT molecular complexity index is 1290. The number of pyridine rings is 1. The highest BCUT2D eigenvalue weighted by molar-refractivity contribution is 6.30. The van der Waals surface area contributed by atoms with Gasteiger partial charge < -0.3 is 10.4 Å². The number of aromatic nitrogens is 1. The SMILES string of the molecule is C=CC[C@@]1(C)C[C@H](c2cccc(Cl)c2)[C@H](CC[C@H](c2ccc(Cl)cc2)c2cccc(C(C)(C)O)n2)NC1=O. The number of rotatable bonds is 9. The molecule has 4 rings (SSSR count). The van der Waals surface area contributed by atoms with Gasteiger partial charge in [0.1, 0.15) is 5.60 Å². The molecule has 4 nitrogen and oxygen atoms in total. The molecule has 0 spiro atoms. The second-order valence-electron chi connectivity index (χ2n) is 11.2. The summed E-state index contributed by atoms with van der Waals surface area (Å²) in [5.41, 5.74) is 2.15. The minimum atomic E-state index is -1.05. The van der Waals surface area contributed by atoms with Crippen LogP contribution in [-0.2, 0) is 10.4 Å². The minimum absolute atomic E-state index is 0.0343. The van der Waals surface area contributed by atoms with Crippen molar-refractivity contribution in [3.8, 4) is 0 Å². The average Bonchev–Trinajstić information content (AvgIpc) is 2.87. The second-order valence-corrected chi connectivity index (χ2v) is 12.1. The van der Waals surface area contributed by atoms with Crippen molar-refractivity contribution >= 4 is 29.1 Å². The summed E-state index contributed by atoms with van der Waals surface area (Å²) < 4.78 is 0. The van der Waals surface area contributed by atoms with Crippen molar-refractivity contribution in [2.75, 3.05) is 0 Å². The number of carbonyl (C=O) groups is 1. The van der Waals surface area contributed by atoms with E-state index in [4.69, 9.17) is 28.2 Å². The van der Waals surface area contributed by atoms with Crippen LogP contribution in [0.25, 0.3) is 0 Å². The molecule has 38 heavy (non-hydrogen) atoms. The Hall–Kier alpha value is -2.66. The molecule has 1 saturated heterocycles. The standard InChI is InChI=1S/C32H36Cl2N2O2/c1-5-18-32(4)20-26(22-8-6-9-24(34)19-22)28(36-30(32)37)17-16-25(21-12-14-23(33)15-13-21)27-10-7-11-29(35-27)31(2,3)38/h5-15,19,25-26,28,38H,1,16-18,20H2,2-4H3,(H,36,37)/t25-,26-,28+,32+/m1/s1. The zero-order chi connectivity index (χ0) is 27.5. The first kappa shape index (κ1) is 28.4. The topological polar surface area (TPSA) is 62.2 Å². The van der Waals surface area contributed by atoms with E-state index >= 15 is 0 Å². The molecular weight excluding hydrogens is 515 g/mol. The largest absolute Gasteiger partial charge is 0.384 e. The summed E-state index contributed by atoms with van der Waals surface area (Å²) in [6, 6.07) is 21.5. The van der Waals surface area contributed by atoms with Crippen LogP contribution in [0.1, 0.15) is 80.8 Å². The molecule has 1 fully saturated rings. The number of allylic oxidation sites excluding steroid dienone is 1. The number of aliphatic hydroxyl groups is 1. The van der Waals surface area contributed by atoms with E-state index < -0.39 is 11.0 Å². The smallest absolute Gasteiger partial charge is 0.226 e. The lowest BCUT2D eigenvalue weighted by atomic mass is 9.68. The van der Waals surface area contributed by atoms with Crippen molar-refractivity contribution in [1.29, 1.82) is 0 Å². The molecule has 0 saturated carbocycles. The van der Waals surface area contributed by atoms with Crippen molar-refractivity contribution in [3.63, 3.8) is 0 Å². The van der Waals surface area contributed by atoms with Crippen LogP contribution in [0.15, 0.2) is 79.4 Å². The van der Waals surface area contributed by atoms with Gasteiger partial charge in [-0.05, 0) is 87.1 Å². The van der Waals surface area contributed by atoms with E-state index in [9.17, 15) is 9.90 Å². The monoisotopic (exact) mass is 550 g/mol. The van der Waals surface area contributed by atoms with Crippen LogP contribution in [0.5, 0.6) is 0 Å². The summed E-state index contributed by atoms with van der Waals surface area (Å²) in [5, 5.41) is 15.3. The summed E-state index contributed by atoms with van der Waals surface area (Å²) in [7, 11) is 0. The lowest BCUT2D eigenvalue weighted by Gasteiger charge is -2.43. The Morgan fingerprint density at radius 3 is 2.50 bits per heavy atom. The van der Waals surface area contributed by atoms with Gasteiger partial charge in [-0.15, -0.1) is 6.58 Å². The molecular formula is C32H36Cl2N2O2. The number of halogens is 2. The van der Waals surface area contributed by atoms with Crippen molar-refractivity contribution < 1.29 is 9.90 Å². The number of nitrogens with zero attached hydrogens (tertiary/aromatic N) is 1. The van der Waals surface area contributed by atoms with E-state index in [0.717, 1.165) is 29.7 Å². The first-order chi connectivity index (χ1) is 18.0. The number of amides is 1. The molecule has 1 aliphatic heterocycles. The molecule has 200 valence electrons. The van der Waals surface area contributed by atoms with Crippen LogP contribution in [-0.4, -0.2) is 22.0 Å². The fraction of sp³-hybridized carbons (Fsp3) is 0.375. The quantitative estimate of drug-likeness (QED) is 0.267. The molecule has 6 heteroatoms. The molecule has 2 N–H and O–H groups in total. The van der Waals surface area contributed by atoms with Gasteiger partial charge in [-0.3, -0.25) is 9.78 Å². The van der Waals surface area contributed by atoms with Crippen LogP contribution in [0.4, 0.5) is 0 Å². The van der Waals surface area contributed by atoms with E-state index in [-0.39, 0.29) is 23.8 Å². The molecule has 0 radical (unpaired) electrons. The molecule has 1 aliphatic rings. The highest BCUT2D eigenvalue weighted by Gasteiger charge is 2.43. The Balaban J connectivity index is 1.67. The Labute approximate surface area is 236 Å². The minimum Gasteiger partial charge on any atom is -0.384 e. The average molecular weight is 552 g/mol. The van der Waals surface area contributed by atoms with Gasteiger partial charge in [0.15, 0.2) is 0 Å². The molecule has 0 unspecified atom stereocenters. The molecule has 1 aromatic heterocycles. The number of piperidine rings is 1. The van der Waals surface area contributed by atoms with E-state index in [0.29, 0.717) is 28.6 Å². The van der Waals surface area contributed by atoms with Crippen LogP contribution in [0.2, 0.25) is 10.0 Å². The highest BCUT2D eigenvalue weighted by Crippen LogP contribution is 2.43. The first-order valence-electron chi connectivity index (χ1n) is 13.1. The van der Waals surface area contributed by atoms with Gasteiger partial charge in [0, 0.05) is 33.6 Å². The van der Waals surface area contributed by atoms with E-state index in [1.54, 1.807) is 13.8 Å². The van der Waals surface area contributed by atoms with Crippen LogP contribution < -0.4 is 5.32 Å². The lowest BCUT2D eigenvalue weighted by molar-refractivity contribution is -0.134. The van der Waals surface area contributed by atoms with Gasteiger partial charge in [-0.1, -0.05) is 66.5 Å². The van der Waals surface area contributed by atoms with Gasteiger partial charge in [0.05, 0.1) is 11.1 Å². The normalized spacial score (nSPS) is 22.5. The van der Waals surface area contributed by atoms with Gasteiger partial charge in [-0.2, -0.15) is 0 Å². The molecule has 3 aromatic rings. The lowest BCUT2D eigenvalue weighted by Crippen LogP contribution is -2.53. The van der Waals surface area contributed by atoms with Crippen LogP contribution in [0, 0.1) is 5.41 Å². The third kappa shape index (κ3) is 6.48. The number of hydrogen-bond donors (Lipinski definition) is 2. The van der Waals surface area contributed by atoms with Gasteiger partial charge in [0.2, 0.25) is 5.91 Å². The van der Waals surface area contributed by atoms with E-state index in [1.807, 2.05) is 73.7 Å². The van der Waals surface area contributed by atoms with Gasteiger partial charge in [0.25, 0.3) is 0 Å². The Morgan fingerprint density at radius 2 is 1.84 bits per heavy atom. The van der Waals surface area contributed by atoms with Crippen molar-refractivity contribution in [1.82, 2.24) is 10.3 Å². The third-order valence-corrected chi connectivity index (χ3v) is 8.17. The maximum absolute atomic E-state index is 13.3. The van der Waals surface area contributed by atoms with Gasteiger partial charge in [-0.25, -0.2) is 0 Å². The molecule has 2 heterocycles. The number of benzene rings is 2. The number of hydrogen-bond acceptors (Lipinski definition) is 3. The Morgan fingerprint density at radius 1 is 1.13 bits per heavy atom. The molecule has 1 amide bonds. The molecule has 4 atom stereocenters. The third-order valence-electron chi connectivity index (χ3n) is 7.69. The fourth-order valence-electron chi connectivity index (χ4n) is 5.53. The summed E-state index contributed by atoms with van der Waals surface area (Å²) in [6.07, 6.45) is 4.66. The predicted molar refractivity (Wildman–Crippen MR) is 156 cm³/mol. The van der Waals surface area contributed by atoms with Crippen molar-refractivity contribution in [2.24, 2.45) is 5.41 Å². The van der Waals surface area contributed by atoms with E-state index in [1.165, 1.54) is 0 Å². The maximum Gasteiger partial charge on any atom is 0.226 e. The van der Waals surface area contributed by atoms with Crippen molar-refractivity contribution in [2.45, 2.75) is 69.9 Å². The predicted octanol–water partition coefficient (Wildman–Crippen LogP) is 7.78. The van der Waals surface area contributed by atoms with Crippen LogP contribution >= 0.6 is 23.2 Å². The molecule has 2 aromatic carbocycles. The number of nitrogens with one attached hydrogen (secondary N) is 1. The molecule has 0 aliphatic carbocycles.